The Balaban J connectivity index is 2.30. The van der Waals surface area contributed by atoms with Gasteiger partial charge in [0.1, 0.15) is 0 Å². The van der Waals surface area contributed by atoms with Gasteiger partial charge in [-0.25, -0.2) is 0 Å². The second-order valence-corrected chi connectivity index (χ2v) is 4.43. The van der Waals surface area contributed by atoms with Crippen LogP contribution in [0, 0.1) is 0 Å². The molecule has 0 atom stereocenters. The fourth-order valence-corrected chi connectivity index (χ4v) is 1.86. The Morgan fingerprint density at radius 3 is 2.56 bits per heavy atom. The molecular weight excluding hydrogens is 248 g/mol. The van der Waals surface area contributed by atoms with Crippen LogP contribution in [0.25, 0.3) is 0 Å². The van der Waals surface area contributed by atoms with Gasteiger partial charge in [0.2, 0.25) is 0 Å². The van der Waals surface area contributed by atoms with Gasteiger partial charge in [-0.15, -0.1) is 0 Å². The van der Waals surface area contributed by atoms with Crippen molar-refractivity contribution in [3.8, 4) is 0 Å². The third-order valence-corrected chi connectivity index (χ3v) is 2.78. The smallest absolute Gasteiger partial charge is 0.161 e. The predicted octanol–water partition coefficient (Wildman–Crippen LogP) is 3.87. The Morgan fingerprint density at radius 2 is 1.89 bits per heavy atom. The van der Waals surface area contributed by atoms with E-state index < -0.39 is 0 Å². The number of carbonyl (C=O) groups excluding carboxylic acids is 1. The van der Waals surface area contributed by atoms with Crippen LogP contribution in [0.3, 0.4) is 0 Å². The van der Waals surface area contributed by atoms with Gasteiger partial charge in [-0.2, -0.15) is 0 Å². The highest BCUT2D eigenvalue weighted by atomic mass is 35.5. The normalized spacial score (nSPS) is 10.1. The first kappa shape index (κ1) is 12.5. The number of halogens is 1. The number of anilines is 3. The maximum Gasteiger partial charge on any atom is 0.161 e. The Kier molecular flexibility index (Phi) is 3.53. The molecule has 3 nitrogen and oxygen atoms in total. The van der Waals surface area contributed by atoms with E-state index in [1.54, 1.807) is 18.2 Å². The molecule has 92 valence electrons. The van der Waals surface area contributed by atoms with Crippen LogP contribution in [-0.4, -0.2) is 5.78 Å². The van der Waals surface area contributed by atoms with Crippen LogP contribution < -0.4 is 11.1 Å². The zero-order valence-electron chi connectivity index (χ0n) is 9.91. The van der Waals surface area contributed by atoms with Crippen LogP contribution in [0.4, 0.5) is 17.1 Å². The lowest BCUT2D eigenvalue weighted by atomic mass is 10.1. The standard InChI is InChI=1S/C14H13ClN2O/c1-9(18)13-8-12(5-6-14(13)16)17-11-4-2-3-10(15)7-11/h2-8,17H,16H2,1H3. The first-order valence-corrected chi connectivity index (χ1v) is 5.87. The lowest BCUT2D eigenvalue weighted by Crippen LogP contribution is -2.01. The first-order valence-electron chi connectivity index (χ1n) is 5.49. The SMILES string of the molecule is CC(=O)c1cc(Nc2cccc(Cl)c2)ccc1N. The number of rotatable bonds is 3. The minimum Gasteiger partial charge on any atom is -0.398 e. The van der Waals surface area contributed by atoms with Crippen molar-refractivity contribution in [2.24, 2.45) is 0 Å². The van der Waals surface area contributed by atoms with Gasteiger partial charge in [-0.3, -0.25) is 4.79 Å². The largest absolute Gasteiger partial charge is 0.398 e. The summed E-state index contributed by atoms with van der Waals surface area (Å²) in [6.45, 7) is 1.49. The number of Topliss-reactive ketones (excluding diaryl/α,β-unsaturated/α-hetero) is 1. The third-order valence-electron chi connectivity index (χ3n) is 2.55. The number of nitrogens with one attached hydrogen (secondary N) is 1. The maximum atomic E-state index is 11.4. The van der Waals surface area contributed by atoms with E-state index in [9.17, 15) is 4.79 Å². The van der Waals surface area contributed by atoms with Crippen LogP contribution in [0.5, 0.6) is 0 Å². The molecule has 0 aliphatic rings. The zero-order valence-corrected chi connectivity index (χ0v) is 10.7. The van der Waals surface area contributed by atoms with Crippen molar-refractivity contribution in [3.05, 3.63) is 53.1 Å². The molecule has 4 heteroatoms. The number of nitrogen functional groups attached to an aromatic ring is 1. The fraction of sp³-hybridized carbons (Fsp3) is 0.0714. The van der Waals surface area contributed by atoms with Crippen molar-refractivity contribution in [1.29, 1.82) is 0 Å². The van der Waals surface area contributed by atoms with Crippen molar-refractivity contribution in [3.63, 3.8) is 0 Å². The number of ketones is 1. The Bertz CT molecular complexity index is 596. The molecule has 0 saturated heterocycles. The fourth-order valence-electron chi connectivity index (χ4n) is 1.67. The molecule has 0 bridgehead atoms. The van der Waals surface area contributed by atoms with Gasteiger partial charge in [0, 0.05) is 27.6 Å². The van der Waals surface area contributed by atoms with E-state index in [0.29, 0.717) is 16.3 Å². The molecule has 2 rings (SSSR count). The summed E-state index contributed by atoms with van der Waals surface area (Å²) in [5.74, 6) is -0.0535. The Labute approximate surface area is 111 Å². The van der Waals surface area contributed by atoms with Crippen LogP contribution in [0.1, 0.15) is 17.3 Å². The molecule has 2 aromatic rings. The maximum absolute atomic E-state index is 11.4. The highest BCUT2D eigenvalue weighted by Gasteiger charge is 2.06. The van der Waals surface area contributed by atoms with Crippen molar-refractivity contribution < 1.29 is 4.79 Å². The van der Waals surface area contributed by atoms with Crippen LogP contribution >= 0.6 is 11.6 Å². The molecule has 0 heterocycles. The van der Waals surface area contributed by atoms with Crippen molar-refractivity contribution in [2.45, 2.75) is 6.92 Å². The molecule has 0 aromatic heterocycles. The zero-order chi connectivity index (χ0) is 13.1. The second kappa shape index (κ2) is 5.10. The summed E-state index contributed by atoms with van der Waals surface area (Å²) in [6.07, 6.45) is 0. The average Bonchev–Trinajstić information content (AvgIpc) is 2.31. The molecule has 0 radical (unpaired) electrons. The molecule has 0 saturated carbocycles. The molecular formula is C14H13ClN2O. The minimum absolute atomic E-state index is 0.0535. The molecule has 0 unspecified atom stereocenters. The monoisotopic (exact) mass is 260 g/mol. The Hall–Kier alpha value is -2.00. The molecule has 18 heavy (non-hydrogen) atoms. The highest BCUT2D eigenvalue weighted by molar-refractivity contribution is 6.30. The molecule has 3 N–H and O–H groups in total. The molecule has 0 amide bonds. The third kappa shape index (κ3) is 2.81. The molecule has 0 spiro atoms. The Morgan fingerprint density at radius 1 is 1.17 bits per heavy atom. The van der Waals surface area contributed by atoms with Crippen LogP contribution in [0.2, 0.25) is 5.02 Å². The summed E-state index contributed by atoms with van der Waals surface area (Å²) in [4.78, 5) is 11.4. The average molecular weight is 261 g/mol. The van der Waals surface area contributed by atoms with E-state index in [1.165, 1.54) is 6.92 Å². The topological polar surface area (TPSA) is 55.1 Å². The number of carbonyl (C=O) groups is 1. The van der Waals surface area contributed by atoms with E-state index in [-0.39, 0.29) is 5.78 Å². The van der Waals surface area contributed by atoms with E-state index in [0.717, 1.165) is 11.4 Å². The van der Waals surface area contributed by atoms with Crippen molar-refractivity contribution >= 4 is 34.4 Å². The quantitative estimate of drug-likeness (QED) is 0.651. The first-order chi connectivity index (χ1) is 8.56. The van der Waals surface area contributed by atoms with E-state index >= 15 is 0 Å². The van der Waals surface area contributed by atoms with E-state index in [4.69, 9.17) is 17.3 Å². The van der Waals surface area contributed by atoms with Crippen molar-refractivity contribution in [1.82, 2.24) is 0 Å². The summed E-state index contributed by atoms with van der Waals surface area (Å²) in [7, 11) is 0. The van der Waals surface area contributed by atoms with Gasteiger partial charge >= 0.3 is 0 Å². The number of hydrogen-bond acceptors (Lipinski definition) is 3. The van der Waals surface area contributed by atoms with Gasteiger partial charge in [-0.05, 0) is 43.3 Å². The molecule has 0 fully saturated rings. The number of hydrogen-bond donors (Lipinski definition) is 2. The summed E-state index contributed by atoms with van der Waals surface area (Å²) in [5.41, 5.74) is 8.40. The lowest BCUT2D eigenvalue weighted by molar-refractivity contribution is 0.101. The molecule has 0 aliphatic heterocycles. The van der Waals surface area contributed by atoms with Gasteiger partial charge < -0.3 is 11.1 Å². The molecule has 2 aromatic carbocycles. The summed E-state index contributed by atoms with van der Waals surface area (Å²) < 4.78 is 0. The van der Waals surface area contributed by atoms with E-state index in [1.807, 2.05) is 24.3 Å². The summed E-state index contributed by atoms with van der Waals surface area (Å²) in [6, 6.07) is 12.6. The van der Waals surface area contributed by atoms with Gasteiger partial charge in [-0.1, -0.05) is 17.7 Å². The van der Waals surface area contributed by atoms with Gasteiger partial charge in [0.15, 0.2) is 5.78 Å². The van der Waals surface area contributed by atoms with Crippen molar-refractivity contribution in [2.75, 3.05) is 11.1 Å². The van der Waals surface area contributed by atoms with Gasteiger partial charge in [0.05, 0.1) is 0 Å². The number of nitrogens with two attached hydrogens (primary N) is 1. The van der Waals surface area contributed by atoms with Crippen LogP contribution in [-0.2, 0) is 0 Å². The van der Waals surface area contributed by atoms with Crippen LogP contribution in [0.15, 0.2) is 42.5 Å². The highest BCUT2D eigenvalue weighted by Crippen LogP contribution is 2.23. The second-order valence-electron chi connectivity index (χ2n) is 3.99. The predicted molar refractivity (Wildman–Crippen MR) is 75.6 cm³/mol. The lowest BCUT2D eigenvalue weighted by Gasteiger charge is -2.09. The summed E-state index contributed by atoms with van der Waals surface area (Å²) in [5, 5.41) is 3.83. The van der Waals surface area contributed by atoms with Gasteiger partial charge in [0.25, 0.3) is 0 Å². The van der Waals surface area contributed by atoms with E-state index in [2.05, 4.69) is 5.32 Å². The minimum atomic E-state index is -0.0535. The summed E-state index contributed by atoms with van der Waals surface area (Å²) >= 11 is 5.90. The number of benzene rings is 2. The molecule has 0 aliphatic carbocycles.